The largest absolute Gasteiger partial charge is 0.395 e. The van der Waals surface area contributed by atoms with Gasteiger partial charge in [-0.15, -0.1) is 0 Å². The lowest BCUT2D eigenvalue weighted by Gasteiger charge is -2.49. The van der Waals surface area contributed by atoms with Gasteiger partial charge in [-0.3, -0.25) is 0 Å². The SMILES string of the molecule is CCO[Si](C)(CC(C)N([Si](C)(C)C)[Si](C)(C)C)OCC. The molecule has 0 aliphatic heterocycles. The Kier molecular flexibility index (Phi) is 7.89. The summed E-state index contributed by atoms with van der Waals surface area (Å²) in [7, 11) is -4.68. The van der Waals surface area contributed by atoms with Gasteiger partial charge in [-0.05, 0) is 26.4 Å². The van der Waals surface area contributed by atoms with Crippen LogP contribution in [0.1, 0.15) is 20.8 Å². The molecule has 0 saturated carbocycles. The second-order valence-electron chi connectivity index (χ2n) is 7.76. The van der Waals surface area contributed by atoms with Gasteiger partial charge in [-0.2, -0.15) is 0 Å². The molecule has 1 atom stereocenters. The Morgan fingerprint density at radius 2 is 1.15 bits per heavy atom. The van der Waals surface area contributed by atoms with Crippen LogP contribution < -0.4 is 0 Å². The zero-order chi connectivity index (χ0) is 16.2. The molecule has 3 nitrogen and oxygen atoms in total. The Morgan fingerprint density at radius 1 is 0.800 bits per heavy atom. The molecule has 0 aliphatic rings. The highest BCUT2D eigenvalue weighted by atomic mass is 28.4. The standard InChI is InChI=1S/C14H37NO2Si3/c1-11-16-20(10,17-12-2)13-14(3)15(18(4,5)6)19(7,8)9/h14H,11-13H2,1-10H3. The molecule has 0 heterocycles. The maximum atomic E-state index is 6.04. The quantitative estimate of drug-likeness (QED) is 0.579. The maximum absolute atomic E-state index is 6.04. The minimum Gasteiger partial charge on any atom is -0.395 e. The first-order valence-electron chi connectivity index (χ1n) is 7.94. The van der Waals surface area contributed by atoms with Crippen LogP contribution in [-0.4, -0.2) is 48.5 Å². The van der Waals surface area contributed by atoms with E-state index in [2.05, 4.69) is 70.8 Å². The van der Waals surface area contributed by atoms with Crippen molar-refractivity contribution in [1.29, 1.82) is 0 Å². The van der Waals surface area contributed by atoms with Gasteiger partial charge < -0.3 is 13.1 Å². The van der Waals surface area contributed by atoms with E-state index >= 15 is 0 Å². The molecule has 0 rings (SSSR count). The molecule has 0 saturated heterocycles. The van der Waals surface area contributed by atoms with Crippen molar-refractivity contribution in [1.82, 2.24) is 4.23 Å². The summed E-state index contributed by atoms with van der Waals surface area (Å²) in [5.41, 5.74) is 0. The van der Waals surface area contributed by atoms with Gasteiger partial charge in [0.05, 0.1) is 0 Å². The lowest BCUT2D eigenvalue weighted by atomic mass is 10.4. The zero-order valence-electron chi connectivity index (χ0n) is 15.5. The van der Waals surface area contributed by atoms with E-state index in [1.807, 2.05) is 0 Å². The molecule has 0 aromatic heterocycles. The predicted octanol–water partition coefficient (Wildman–Crippen LogP) is 4.49. The van der Waals surface area contributed by atoms with E-state index in [-0.39, 0.29) is 0 Å². The highest BCUT2D eigenvalue weighted by molar-refractivity contribution is 6.89. The van der Waals surface area contributed by atoms with Gasteiger partial charge in [-0.25, -0.2) is 0 Å². The summed E-state index contributed by atoms with van der Waals surface area (Å²) < 4.78 is 14.9. The summed E-state index contributed by atoms with van der Waals surface area (Å²) in [4.78, 5) is 0. The van der Waals surface area contributed by atoms with Gasteiger partial charge in [-0.1, -0.05) is 46.2 Å². The van der Waals surface area contributed by atoms with Crippen molar-refractivity contribution < 1.29 is 8.85 Å². The third kappa shape index (κ3) is 6.53. The van der Waals surface area contributed by atoms with Gasteiger partial charge in [0.1, 0.15) is 16.5 Å². The van der Waals surface area contributed by atoms with E-state index in [0.29, 0.717) is 6.04 Å². The molecule has 0 spiro atoms. The minimum atomic E-state index is -2.03. The van der Waals surface area contributed by atoms with Crippen molar-refractivity contribution in [3.05, 3.63) is 0 Å². The van der Waals surface area contributed by atoms with Crippen LogP contribution in [0.3, 0.4) is 0 Å². The second-order valence-corrected chi connectivity index (χ2v) is 21.1. The Morgan fingerprint density at radius 3 is 1.40 bits per heavy atom. The normalized spacial score (nSPS) is 15.8. The van der Waals surface area contributed by atoms with E-state index in [1.165, 1.54) is 0 Å². The molecule has 0 aromatic rings. The van der Waals surface area contributed by atoms with E-state index in [9.17, 15) is 0 Å². The smallest absolute Gasteiger partial charge is 0.336 e. The number of rotatable bonds is 9. The van der Waals surface area contributed by atoms with Crippen molar-refractivity contribution in [3.8, 4) is 0 Å². The van der Waals surface area contributed by atoms with Crippen molar-refractivity contribution in [2.45, 2.75) is 78.7 Å². The number of nitrogens with zero attached hydrogens (tertiary/aromatic N) is 1. The highest BCUT2D eigenvalue weighted by Crippen LogP contribution is 2.28. The highest BCUT2D eigenvalue weighted by Gasteiger charge is 2.42. The molecule has 0 amide bonds. The summed E-state index contributed by atoms with van der Waals surface area (Å²) >= 11 is 0. The monoisotopic (exact) mass is 335 g/mol. The van der Waals surface area contributed by atoms with Crippen LogP contribution >= 0.6 is 0 Å². The predicted molar refractivity (Wildman–Crippen MR) is 97.7 cm³/mol. The fraction of sp³-hybridized carbons (Fsp3) is 1.00. The third-order valence-corrected chi connectivity index (χ3v) is 14.4. The van der Waals surface area contributed by atoms with Crippen molar-refractivity contribution in [2.75, 3.05) is 13.2 Å². The molecule has 0 N–H and O–H groups in total. The Labute approximate surface area is 130 Å². The molecular weight excluding hydrogens is 298 g/mol. The summed E-state index contributed by atoms with van der Waals surface area (Å²) in [6, 6.07) is 1.63. The van der Waals surface area contributed by atoms with Gasteiger partial charge in [0.25, 0.3) is 0 Å². The average Bonchev–Trinajstić information content (AvgIpc) is 2.11. The van der Waals surface area contributed by atoms with Crippen LogP contribution in [-0.2, 0) is 8.85 Å². The van der Waals surface area contributed by atoms with Crippen molar-refractivity contribution in [2.24, 2.45) is 0 Å². The van der Waals surface area contributed by atoms with Crippen LogP contribution in [0.4, 0.5) is 0 Å². The summed E-state index contributed by atoms with van der Waals surface area (Å²) in [5, 5.41) is 0. The molecule has 122 valence electrons. The van der Waals surface area contributed by atoms with Crippen LogP contribution in [0, 0.1) is 0 Å². The van der Waals surface area contributed by atoms with Gasteiger partial charge in [0, 0.05) is 19.3 Å². The van der Waals surface area contributed by atoms with Crippen LogP contribution in [0.25, 0.3) is 0 Å². The molecule has 20 heavy (non-hydrogen) atoms. The molecule has 0 aliphatic carbocycles. The summed E-state index contributed by atoms with van der Waals surface area (Å²) in [6.07, 6.45) is 0. The Hall–Kier alpha value is 0.531. The van der Waals surface area contributed by atoms with Crippen LogP contribution in [0.2, 0.25) is 51.9 Å². The van der Waals surface area contributed by atoms with Crippen molar-refractivity contribution in [3.63, 3.8) is 0 Å². The first-order chi connectivity index (χ1) is 8.87. The second kappa shape index (κ2) is 7.69. The molecular formula is C14H37NO2Si3. The van der Waals surface area contributed by atoms with Crippen molar-refractivity contribution >= 4 is 25.0 Å². The Balaban J connectivity index is 5.13. The van der Waals surface area contributed by atoms with Gasteiger partial charge >= 0.3 is 8.56 Å². The first kappa shape index (κ1) is 20.5. The average molecular weight is 336 g/mol. The maximum Gasteiger partial charge on any atom is 0.336 e. The molecule has 0 fully saturated rings. The summed E-state index contributed by atoms with van der Waals surface area (Å²) in [5.74, 6) is 0. The zero-order valence-corrected chi connectivity index (χ0v) is 18.5. The fourth-order valence-corrected chi connectivity index (χ4v) is 17.8. The minimum absolute atomic E-state index is 0.558. The number of hydrogen-bond acceptors (Lipinski definition) is 3. The Bertz CT molecular complexity index is 267. The van der Waals surface area contributed by atoms with Crippen LogP contribution in [0.15, 0.2) is 0 Å². The molecule has 6 heteroatoms. The lowest BCUT2D eigenvalue weighted by Crippen LogP contribution is -2.64. The molecule has 1 unspecified atom stereocenters. The topological polar surface area (TPSA) is 21.7 Å². The third-order valence-electron chi connectivity index (χ3n) is 3.45. The molecule has 0 bridgehead atoms. The van der Waals surface area contributed by atoms with Gasteiger partial charge in [0.2, 0.25) is 0 Å². The van der Waals surface area contributed by atoms with E-state index < -0.39 is 25.0 Å². The van der Waals surface area contributed by atoms with E-state index in [0.717, 1.165) is 19.3 Å². The first-order valence-corrected chi connectivity index (χ1v) is 17.4. The lowest BCUT2D eigenvalue weighted by molar-refractivity contribution is 0.184. The molecule has 0 aromatic carbocycles. The molecule has 0 radical (unpaired) electrons. The van der Waals surface area contributed by atoms with Crippen LogP contribution in [0.5, 0.6) is 0 Å². The fourth-order valence-electron chi connectivity index (χ4n) is 3.73. The van der Waals surface area contributed by atoms with Gasteiger partial charge in [0.15, 0.2) is 0 Å². The summed E-state index contributed by atoms with van der Waals surface area (Å²) in [6.45, 7) is 25.0. The number of hydrogen-bond donors (Lipinski definition) is 0. The van der Waals surface area contributed by atoms with E-state index in [1.54, 1.807) is 0 Å². The van der Waals surface area contributed by atoms with E-state index in [4.69, 9.17) is 8.85 Å².